The number of aryl methyl sites for hydroxylation is 2. The van der Waals surface area contributed by atoms with Crippen molar-refractivity contribution >= 4 is 44.3 Å². The van der Waals surface area contributed by atoms with E-state index in [9.17, 15) is 13.2 Å². The van der Waals surface area contributed by atoms with Crippen LogP contribution in [0.4, 0.5) is 5.69 Å². The molecule has 158 valence electrons. The van der Waals surface area contributed by atoms with Gasteiger partial charge in [0.2, 0.25) is 0 Å². The van der Waals surface area contributed by atoms with Gasteiger partial charge >= 0.3 is 0 Å². The van der Waals surface area contributed by atoms with Gasteiger partial charge in [-0.1, -0.05) is 12.1 Å². The molecule has 3 aromatic rings. The third-order valence-corrected chi connectivity index (χ3v) is 9.32. The molecule has 2 aromatic heterocycles. The summed E-state index contributed by atoms with van der Waals surface area (Å²) in [5.74, 6) is 0.0217. The van der Waals surface area contributed by atoms with Crippen LogP contribution in [0.1, 0.15) is 39.3 Å². The smallest absolute Gasteiger partial charge is 0.271 e. The van der Waals surface area contributed by atoms with E-state index in [-0.39, 0.29) is 10.1 Å². The second-order valence-corrected chi connectivity index (χ2v) is 11.3. The van der Waals surface area contributed by atoms with Crippen LogP contribution in [0.5, 0.6) is 0 Å². The van der Waals surface area contributed by atoms with Gasteiger partial charge in [-0.3, -0.25) is 9.52 Å². The minimum absolute atomic E-state index is 0.0217. The maximum atomic E-state index is 12.9. The fourth-order valence-electron chi connectivity index (χ4n) is 3.41. The first-order valence-electron chi connectivity index (χ1n) is 9.71. The Morgan fingerprint density at radius 2 is 1.90 bits per heavy atom. The van der Waals surface area contributed by atoms with Gasteiger partial charge in [-0.2, -0.15) is 0 Å². The molecule has 9 heteroatoms. The van der Waals surface area contributed by atoms with Crippen molar-refractivity contribution in [2.75, 3.05) is 17.8 Å². The molecule has 1 aliphatic heterocycles. The Kier molecular flexibility index (Phi) is 5.69. The monoisotopic (exact) mass is 461 g/mol. The van der Waals surface area contributed by atoms with Crippen LogP contribution in [-0.2, 0) is 10.0 Å². The number of likely N-dealkylation sites (tertiary alicyclic amines) is 1. The van der Waals surface area contributed by atoms with E-state index in [1.807, 2.05) is 37.8 Å². The minimum atomic E-state index is -3.70. The molecule has 0 radical (unpaired) electrons. The number of benzene rings is 1. The molecule has 0 bridgehead atoms. The number of nitrogens with zero attached hydrogens (tertiary/aromatic N) is 2. The summed E-state index contributed by atoms with van der Waals surface area (Å²) in [7, 11) is -3.70. The Hall–Kier alpha value is -2.23. The first kappa shape index (κ1) is 21.0. The standard InChI is InChI=1S/C21H23N3O3S3/c1-13-7-6-8-17(14(13)2)23-30(26,27)18-11-16(12-28-18)20-22-15(3)19(29-20)21(25)24-9-4-5-10-24/h6-8,11-12,23H,4-5,9-10H2,1-3H3. The minimum Gasteiger partial charge on any atom is -0.338 e. The summed E-state index contributed by atoms with van der Waals surface area (Å²) >= 11 is 2.48. The molecule has 1 fully saturated rings. The maximum Gasteiger partial charge on any atom is 0.271 e. The van der Waals surface area contributed by atoms with Crippen LogP contribution in [0.2, 0.25) is 0 Å². The molecule has 0 spiro atoms. The molecule has 1 saturated heterocycles. The van der Waals surface area contributed by atoms with Crippen LogP contribution in [0.15, 0.2) is 33.9 Å². The number of thiophene rings is 1. The average molecular weight is 462 g/mol. The highest BCUT2D eigenvalue weighted by Crippen LogP contribution is 2.34. The van der Waals surface area contributed by atoms with Crippen molar-refractivity contribution in [3.05, 3.63) is 51.3 Å². The fourth-order valence-corrected chi connectivity index (χ4v) is 6.79. The molecular formula is C21H23N3O3S3. The van der Waals surface area contributed by atoms with Gasteiger partial charge in [0.05, 0.1) is 11.4 Å². The number of nitrogens with one attached hydrogen (secondary N) is 1. The molecule has 3 heterocycles. The van der Waals surface area contributed by atoms with Crippen molar-refractivity contribution in [3.8, 4) is 10.6 Å². The zero-order chi connectivity index (χ0) is 21.5. The van der Waals surface area contributed by atoms with Crippen LogP contribution in [-0.4, -0.2) is 37.3 Å². The molecule has 1 aromatic carbocycles. The van der Waals surface area contributed by atoms with E-state index < -0.39 is 10.0 Å². The largest absolute Gasteiger partial charge is 0.338 e. The molecule has 1 N–H and O–H groups in total. The van der Waals surface area contributed by atoms with Crippen molar-refractivity contribution in [1.82, 2.24) is 9.88 Å². The lowest BCUT2D eigenvalue weighted by molar-refractivity contribution is 0.0796. The van der Waals surface area contributed by atoms with Gasteiger partial charge in [0.1, 0.15) is 14.1 Å². The molecule has 1 aliphatic rings. The zero-order valence-corrected chi connectivity index (χ0v) is 19.5. The Morgan fingerprint density at radius 1 is 1.17 bits per heavy atom. The molecule has 1 amide bonds. The predicted molar refractivity (Wildman–Crippen MR) is 122 cm³/mol. The fraction of sp³-hybridized carbons (Fsp3) is 0.333. The number of amides is 1. The van der Waals surface area contributed by atoms with Crippen molar-refractivity contribution < 1.29 is 13.2 Å². The van der Waals surface area contributed by atoms with Crippen LogP contribution < -0.4 is 4.72 Å². The number of carbonyl (C=O) groups excluding carboxylic acids is 1. The lowest BCUT2D eigenvalue weighted by Crippen LogP contribution is -2.27. The van der Waals surface area contributed by atoms with Crippen LogP contribution in [0.25, 0.3) is 10.6 Å². The molecule has 4 rings (SSSR count). The SMILES string of the molecule is Cc1cccc(NS(=O)(=O)c2cc(-c3nc(C)c(C(=O)N4CCCC4)s3)cs2)c1C. The summed E-state index contributed by atoms with van der Waals surface area (Å²) in [4.78, 5) is 19.8. The van der Waals surface area contributed by atoms with Crippen molar-refractivity contribution in [2.24, 2.45) is 0 Å². The lowest BCUT2D eigenvalue weighted by Gasteiger charge is -2.13. The van der Waals surface area contributed by atoms with Crippen molar-refractivity contribution in [2.45, 2.75) is 37.8 Å². The van der Waals surface area contributed by atoms with Crippen LogP contribution >= 0.6 is 22.7 Å². The van der Waals surface area contributed by atoms with Crippen molar-refractivity contribution in [3.63, 3.8) is 0 Å². The predicted octanol–water partition coefficient (Wildman–Crippen LogP) is 4.83. The highest BCUT2D eigenvalue weighted by molar-refractivity contribution is 7.94. The number of aromatic nitrogens is 1. The molecule has 0 saturated carbocycles. The third kappa shape index (κ3) is 4.01. The van der Waals surface area contributed by atoms with E-state index >= 15 is 0 Å². The van der Waals surface area contributed by atoms with Crippen LogP contribution in [0.3, 0.4) is 0 Å². The second-order valence-electron chi connectivity index (χ2n) is 7.44. The van der Waals surface area contributed by atoms with Gasteiger partial charge < -0.3 is 4.90 Å². The summed E-state index contributed by atoms with van der Waals surface area (Å²) in [6.45, 7) is 7.24. The summed E-state index contributed by atoms with van der Waals surface area (Å²) in [5.41, 5.74) is 3.91. The Labute approximate surface area is 184 Å². The number of anilines is 1. The third-order valence-electron chi connectivity index (χ3n) is 5.32. The van der Waals surface area contributed by atoms with E-state index in [4.69, 9.17) is 0 Å². The summed E-state index contributed by atoms with van der Waals surface area (Å²) in [6, 6.07) is 7.16. The molecule has 0 atom stereocenters. The summed E-state index contributed by atoms with van der Waals surface area (Å²) in [5, 5.41) is 2.44. The number of thiazole rings is 1. The Bertz CT molecular complexity index is 1210. The number of rotatable bonds is 5. The number of hydrogen-bond acceptors (Lipinski definition) is 6. The summed E-state index contributed by atoms with van der Waals surface area (Å²) < 4.78 is 28.7. The van der Waals surface area contributed by atoms with Crippen LogP contribution in [0, 0.1) is 20.8 Å². The zero-order valence-electron chi connectivity index (χ0n) is 17.1. The molecule has 6 nitrogen and oxygen atoms in total. The van der Waals surface area contributed by atoms with E-state index in [1.54, 1.807) is 17.5 Å². The van der Waals surface area contributed by atoms with Crippen molar-refractivity contribution in [1.29, 1.82) is 0 Å². The molecular weight excluding hydrogens is 438 g/mol. The van der Waals surface area contributed by atoms with E-state index in [0.29, 0.717) is 21.3 Å². The van der Waals surface area contributed by atoms with Gasteiger partial charge in [0.25, 0.3) is 15.9 Å². The Morgan fingerprint density at radius 3 is 2.63 bits per heavy atom. The van der Waals surface area contributed by atoms with Gasteiger partial charge in [-0.25, -0.2) is 13.4 Å². The topological polar surface area (TPSA) is 79.4 Å². The highest BCUT2D eigenvalue weighted by Gasteiger charge is 2.25. The number of sulfonamides is 1. The lowest BCUT2D eigenvalue weighted by atomic mass is 10.1. The Balaban J connectivity index is 1.59. The quantitative estimate of drug-likeness (QED) is 0.590. The number of hydrogen-bond donors (Lipinski definition) is 1. The van der Waals surface area contributed by atoms with Gasteiger partial charge in [-0.05, 0) is 56.9 Å². The molecule has 0 aliphatic carbocycles. The molecule has 0 unspecified atom stereocenters. The van der Waals surface area contributed by atoms with E-state index in [1.165, 1.54) is 11.3 Å². The van der Waals surface area contributed by atoms with E-state index in [0.717, 1.165) is 54.0 Å². The highest BCUT2D eigenvalue weighted by atomic mass is 32.2. The molecule has 30 heavy (non-hydrogen) atoms. The first-order valence-corrected chi connectivity index (χ1v) is 12.9. The summed E-state index contributed by atoms with van der Waals surface area (Å²) in [6.07, 6.45) is 2.07. The normalized spacial score (nSPS) is 14.3. The second kappa shape index (κ2) is 8.13. The van der Waals surface area contributed by atoms with Gasteiger partial charge in [0, 0.05) is 24.0 Å². The first-order chi connectivity index (χ1) is 14.3. The van der Waals surface area contributed by atoms with Gasteiger partial charge in [-0.15, -0.1) is 22.7 Å². The average Bonchev–Trinajstić information content (AvgIpc) is 3.44. The van der Waals surface area contributed by atoms with Gasteiger partial charge in [0.15, 0.2) is 0 Å². The van der Waals surface area contributed by atoms with E-state index in [2.05, 4.69) is 9.71 Å². The number of carbonyl (C=O) groups is 1. The maximum absolute atomic E-state index is 12.9.